The molecule has 2 rings (SSSR count). The molecule has 0 bridgehead atoms. The van der Waals surface area contributed by atoms with Gasteiger partial charge in [-0.3, -0.25) is 0 Å². The predicted molar refractivity (Wildman–Crippen MR) is 73.1 cm³/mol. The SMILES string of the molecule is CCOC(=O)c1[nH]c(-c2ccc(OC)cc2)cc1N. The van der Waals surface area contributed by atoms with Crippen molar-refractivity contribution >= 4 is 11.7 Å². The van der Waals surface area contributed by atoms with E-state index in [9.17, 15) is 4.79 Å². The highest BCUT2D eigenvalue weighted by Crippen LogP contribution is 2.25. The number of hydrogen-bond acceptors (Lipinski definition) is 4. The zero-order valence-electron chi connectivity index (χ0n) is 10.9. The zero-order chi connectivity index (χ0) is 13.8. The average Bonchev–Trinajstić information content (AvgIpc) is 2.81. The summed E-state index contributed by atoms with van der Waals surface area (Å²) >= 11 is 0. The number of ether oxygens (including phenoxy) is 2. The van der Waals surface area contributed by atoms with Crippen molar-refractivity contribution in [1.29, 1.82) is 0 Å². The van der Waals surface area contributed by atoms with Crippen LogP contribution in [0, 0.1) is 0 Å². The fourth-order valence-electron chi connectivity index (χ4n) is 1.77. The first-order valence-electron chi connectivity index (χ1n) is 5.95. The standard InChI is InChI=1S/C14H16N2O3/c1-3-19-14(17)13-11(15)8-12(16-13)9-4-6-10(18-2)7-5-9/h4-8,16H,3,15H2,1-2H3. The van der Waals surface area contributed by atoms with Gasteiger partial charge >= 0.3 is 5.97 Å². The number of H-pyrrole nitrogens is 1. The maximum atomic E-state index is 11.7. The Balaban J connectivity index is 2.30. The summed E-state index contributed by atoms with van der Waals surface area (Å²) in [6.07, 6.45) is 0. The summed E-state index contributed by atoms with van der Waals surface area (Å²) < 4.78 is 10.0. The van der Waals surface area contributed by atoms with Gasteiger partial charge in [-0.1, -0.05) is 0 Å². The van der Waals surface area contributed by atoms with Crippen LogP contribution in [0.15, 0.2) is 30.3 Å². The predicted octanol–water partition coefficient (Wildman–Crippen LogP) is 2.45. The molecule has 0 spiro atoms. The van der Waals surface area contributed by atoms with Crippen molar-refractivity contribution in [3.8, 4) is 17.0 Å². The highest BCUT2D eigenvalue weighted by Gasteiger charge is 2.15. The largest absolute Gasteiger partial charge is 0.497 e. The highest BCUT2D eigenvalue weighted by molar-refractivity contribution is 5.94. The summed E-state index contributed by atoms with van der Waals surface area (Å²) in [6, 6.07) is 9.18. The molecule has 0 unspecified atom stereocenters. The lowest BCUT2D eigenvalue weighted by Gasteiger charge is -2.02. The van der Waals surface area contributed by atoms with E-state index in [4.69, 9.17) is 15.2 Å². The van der Waals surface area contributed by atoms with Crippen LogP contribution in [0.1, 0.15) is 17.4 Å². The first-order valence-corrected chi connectivity index (χ1v) is 5.95. The van der Waals surface area contributed by atoms with Crippen molar-refractivity contribution in [2.75, 3.05) is 19.5 Å². The number of esters is 1. The number of carbonyl (C=O) groups is 1. The monoisotopic (exact) mass is 260 g/mol. The van der Waals surface area contributed by atoms with Crippen LogP contribution < -0.4 is 10.5 Å². The van der Waals surface area contributed by atoms with Gasteiger partial charge in [0.15, 0.2) is 0 Å². The van der Waals surface area contributed by atoms with E-state index in [2.05, 4.69) is 4.98 Å². The summed E-state index contributed by atoms with van der Waals surface area (Å²) in [5.41, 5.74) is 8.16. The van der Waals surface area contributed by atoms with E-state index in [1.807, 2.05) is 24.3 Å². The van der Waals surface area contributed by atoms with Crippen LogP contribution in [0.3, 0.4) is 0 Å². The maximum Gasteiger partial charge on any atom is 0.356 e. The molecule has 0 radical (unpaired) electrons. The van der Waals surface area contributed by atoms with Crippen LogP contribution >= 0.6 is 0 Å². The molecule has 1 heterocycles. The summed E-state index contributed by atoms with van der Waals surface area (Å²) in [6.45, 7) is 2.07. The second-order valence-corrected chi connectivity index (χ2v) is 3.96. The lowest BCUT2D eigenvalue weighted by Crippen LogP contribution is -2.07. The third-order valence-electron chi connectivity index (χ3n) is 2.73. The van der Waals surface area contributed by atoms with Gasteiger partial charge in [-0.25, -0.2) is 4.79 Å². The van der Waals surface area contributed by atoms with Crippen LogP contribution in [-0.2, 0) is 4.74 Å². The number of nitrogens with one attached hydrogen (secondary N) is 1. The number of nitrogens with two attached hydrogens (primary N) is 1. The van der Waals surface area contributed by atoms with E-state index in [1.165, 1.54) is 0 Å². The van der Waals surface area contributed by atoms with Crippen LogP contribution in [0.4, 0.5) is 5.69 Å². The minimum atomic E-state index is -0.445. The number of carbonyl (C=O) groups excluding carboxylic acids is 1. The van der Waals surface area contributed by atoms with E-state index in [0.29, 0.717) is 12.3 Å². The summed E-state index contributed by atoms with van der Waals surface area (Å²) in [5.74, 6) is 0.327. The molecule has 2 aromatic rings. The molecular weight excluding hydrogens is 244 g/mol. The van der Waals surface area contributed by atoms with Gasteiger partial charge in [0.1, 0.15) is 11.4 Å². The molecule has 1 aromatic carbocycles. The molecule has 5 nitrogen and oxygen atoms in total. The number of nitrogen functional groups attached to an aromatic ring is 1. The highest BCUT2D eigenvalue weighted by atomic mass is 16.5. The van der Waals surface area contributed by atoms with Crippen LogP contribution in [0.5, 0.6) is 5.75 Å². The van der Waals surface area contributed by atoms with Crippen molar-refractivity contribution in [1.82, 2.24) is 4.98 Å². The number of benzene rings is 1. The summed E-state index contributed by atoms with van der Waals surface area (Å²) in [5, 5.41) is 0. The fourth-order valence-corrected chi connectivity index (χ4v) is 1.77. The Kier molecular flexibility index (Phi) is 3.75. The number of hydrogen-bond donors (Lipinski definition) is 2. The molecule has 0 aliphatic heterocycles. The van der Waals surface area contributed by atoms with Crippen LogP contribution in [0.2, 0.25) is 0 Å². The molecule has 0 aliphatic rings. The maximum absolute atomic E-state index is 11.7. The minimum absolute atomic E-state index is 0.285. The quantitative estimate of drug-likeness (QED) is 0.828. The summed E-state index contributed by atoms with van der Waals surface area (Å²) in [7, 11) is 1.61. The first-order chi connectivity index (χ1) is 9.15. The Hall–Kier alpha value is -2.43. The van der Waals surface area contributed by atoms with Crippen molar-refractivity contribution in [3.63, 3.8) is 0 Å². The van der Waals surface area contributed by atoms with Crippen molar-refractivity contribution < 1.29 is 14.3 Å². The van der Waals surface area contributed by atoms with E-state index in [0.717, 1.165) is 17.0 Å². The number of rotatable bonds is 4. The molecule has 5 heteroatoms. The van der Waals surface area contributed by atoms with E-state index >= 15 is 0 Å². The average molecular weight is 260 g/mol. The molecule has 3 N–H and O–H groups in total. The Bertz CT molecular complexity index is 573. The Labute approximate surface area is 111 Å². The Morgan fingerprint density at radius 2 is 2.00 bits per heavy atom. The Morgan fingerprint density at radius 1 is 1.32 bits per heavy atom. The molecule has 0 fully saturated rings. The second-order valence-electron chi connectivity index (χ2n) is 3.96. The molecule has 1 aromatic heterocycles. The number of methoxy groups -OCH3 is 1. The van der Waals surface area contributed by atoms with Gasteiger partial charge in [-0.2, -0.15) is 0 Å². The van der Waals surface area contributed by atoms with E-state index in [1.54, 1.807) is 20.1 Å². The fraction of sp³-hybridized carbons (Fsp3) is 0.214. The van der Waals surface area contributed by atoms with Crippen molar-refractivity contribution in [2.45, 2.75) is 6.92 Å². The minimum Gasteiger partial charge on any atom is -0.497 e. The van der Waals surface area contributed by atoms with Crippen LogP contribution in [0.25, 0.3) is 11.3 Å². The molecule has 0 amide bonds. The number of anilines is 1. The van der Waals surface area contributed by atoms with Gasteiger partial charge in [0.05, 0.1) is 19.4 Å². The second kappa shape index (κ2) is 5.48. The lowest BCUT2D eigenvalue weighted by atomic mass is 10.1. The van der Waals surface area contributed by atoms with Gasteiger partial charge < -0.3 is 20.2 Å². The Morgan fingerprint density at radius 3 is 2.58 bits per heavy atom. The van der Waals surface area contributed by atoms with Crippen LogP contribution in [-0.4, -0.2) is 24.7 Å². The third-order valence-corrected chi connectivity index (χ3v) is 2.73. The molecule has 0 saturated heterocycles. The van der Waals surface area contributed by atoms with Gasteiger partial charge in [0.2, 0.25) is 0 Å². The molecule has 0 aliphatic carbocycles. The number of aromatic nitrogens is 1. The molecule has 0 atom stereocenters. The van der Waals surface area contributed by atoms with Crippen molar-refractivity contribution in [3.05, 3.63) is 36.0 Å². The third kappa shape index (κ3) is 2.70. The smallest absolute Gasteiger partial charge is 0.356 e. The molecule has 100 valence electrons. The lowest BCUT2D eigenvalue weighted by molar-refractivity contribution is 0.0521. The van der Waals surface area contributed by atoms with Gasteiger partial charge in [-0.15, -0.1) is 0 Å². The van der Waals surface area contributed by atoms with E-state index in [-0.39, 0.29) is 5.69 Å². The zero-order valence-corrected chi connectivity index (χ0v) is 10.9. The molecule has 19 heavy (non-hydrogen) atoms. The van der Waals surface area contributed by atoms with Gasteiger partial charge in [-0.05, 0) is 42.8 Å². The topological polar surface area (TPSA) is 77.3 Å². The van der Waals surface area contributed by atoms with Gasteiger partial charge in [0, 0.05) is 5.69 Å². The normalized spacial score (nSPS) is 10.2. The summed E-state index contributed by atoms with van der Waals surface area (Å²) in [4.78, 5) is 14.6. The molecular formula is C14H16N2O3. The molecule has 0 saturated carbocycles. The van der Waals surface area contributed by atoms with E-state index < -0.39 is 5.97 Å². The van der Waals surface area contributed by atoms with Crippen molar-refractivity contribution in [2.24, 2.45) is 0 Å². The first kappa shape index (κ1) is 13.0. The van der Waals surface area contributed by atoms with Gasteiger partial charge in [0.25, 0.3) is 0 Å². The number of aromatic amines is 1.